The number of piperidine rings is 1. The molecule has 1 amide bonds. The number of carbonyl (C=O) groups excluding carboxylic acids is 1. The van der Waals surface area contributed by atoms with E-state index in [-0.39, 0.29) is 24.9 Å². The number of aliphatic carboxylic acids is 1. The molecule has 2 rings (SSSR count). The summed E-state index contributed by atoms with van der Waals surface area (Å²) in [7, 11) is 0. The molecule has 1 N–H and O–H groups in total. The first-order chi connectivity index (χ1) is 10.5. The van der Waals surface area contributed by atoms with Gasteiger partial charge in [-0.1, -0.05) is 17.7 Å². The molecule has 0 unspecified atom stereocenters. The average Bonchev–Trinajstić information content (AvgIpc) is 2.46. The molecule has 0 aromatic heterocycles. The minimum absolute atomic E-state index is 0.0336. The fraction of sp³-hybridized carbons (Fsp3) is 0.529. The third kappa shape index (κ3) is 4.48. The number of aryl methyl sites for hydroxylation is 2. The predicted molar refractivity (Wildman–Crippen MR) is 83.0 cm³/mol. The molecule has 0 radical (unpaired) electrons. The van der Waals surface area contributed by atoms with Crippen LogP contribution in [-0.4, -0.2) is 41.6 Å². The smallest absolute Gasteiger partial charge is 0.303 e. The molecule has 0 bridgehead atoms. The van der Waals surface area contributed by atoms with Gasteiger partial charge in [0.2, 0.25) is 0 Å². The van der Waals surface area contributed by atoms with E-state index in [1.54, 1.807) is 4.90 Å². The number of amides is 1. The number of rotatable bonds is 5. The Morgan fingerprint density at radius 1 is 1.27 bits per heavy atom. The summed E-state index contributed by atoms with van der Waals surface area (Å²) in [6.45, 7) is 5.25. The highest BCUT2D eigenvalue weighted by Crippen LogP contribution is 2.21. The summed E-state index contributed by atoms with van der Waals surface area (Å²) in [4.78, 5) is 24.6. The van der Waals surface area contributed by atoms with Crippen LogP contribution < -0.4 is 4.74 Å². The van der Waals surface area contributed by atoms with Crippen LogP contribution in [0.5, 0.6) is 5.75 Å². The van der Waals surface area contributed by atoms with Crippen molar-refractivity contribution in [2.24, 2.45) is 5.92 Å². The third-order valence-corrected chi connectivity index (χ3v) is 4.11. The van der Waals surface area contributed by atoms with Crippen molar-refractivity contribution in [3.8, 4) is 5.75 Å². The first-order valence-corrected chi connectivity index (χ1v) is 7.65. The predicted octanol–water partition coefficient (Wildman–Crippen LogP) is 2.40. The van der Waals surface area contributed by atoms with Crippen molar-refractivity contribution in [3.63, 3.8) is 0 Å². The standard InChI is InChI=1S/C17H23NO4/c1-12-3-4-15(13(2)9-12)22-11-16(19)18-7-5-14(6-8-18)10-17(20)21/h3-4,9,14H,5-8,10-11H2,1-2H3,(H,20,21). The highest BCUT2D eigenvalue weighted by Gasteiger charge is 2.24. The molecule has 1 aliphatic heterocycles. The Morgan fingerprint density at radius 2 is 1.95 bits per heavy atom. The monoisotopic (exact) mass is 305 g/mol. The van der Waals surface area contributed by atoms with E-state index in [1.165, 1.54) is 0 Å². The lowest BCUT2D eigenvalue weighted by Crippen LogP contribution is -2.41. The minimum Gasteiger partial charge on any atom is -0.484 e. The fourth-order valence-electron chi connectivity index (χ4n) is 2.83. The van der Waals surface area contributed by atoms with E-state index in [9.17, 15) is 9.59 Å². The summed E-state index contributed by atoms with van der Waals surface area (Å²) in [6, 6.07) is 5.87. The lowest BCUT2D eigenvalue weighted by Gasteiger charge is -2.31. The van der Waals surface area contributed by atoms with Crippen molar-refractivity contribution in [2.45, 2.75) is 33.1 Å². The second-order valence-corrected chi connectivity index (χ2v) is 5.98. The van der Waals surface area contributed by atoms with E-state index in [0.717, 1.165) is 29.7 Å². The molecule has 0 aliphatic carbocycles. The molecule has 1 saturated heterocycles. The second-order valence-electron chi connectivity index (χ2n) is 5.98. The Hall–Kier alpha value is -2.04. The maximum absolute atomic E-state index is 12.2. The lowest BCUT2D eigenvalue weighted by atomic mass is 9.94. The van der Waals surface area contributed by atoms with E-state index < -0.39 is 5.97 Å². The summed E-state index contributed by atoms with van der Waals surface area (Å²) in [5.74, 6) is 0.123. The summed E-state index contributed by atoms with van der Waals surface area (Å²) < 4.78 is 5.61. The number of hydrogen-bond acceptors (Lipinski definition) is 3. The molecule has 1 fully saturated rings. The molecule has 120 valence electrons. The SMILES string of the molecule is Cc1ccc(OCC(=O)N2CCC(CC(=O)O)CC2)c(C)c1. The van der Waals surface area contributed by atoms with Crippen LogP contribution in [0.3, 0.4) is 0 Å². The zero-order chi connectivity index (χ0) is 16.1. The highest BCUT2D eigenvalue weighted by atomic mass is 16.5. The second kappa shape index (κ2) is 7.29. The van der Waals surface area contributed by atoms with Gasteiger partial charge in [-0.25, -0.2) is 0 Å². The van der Waals surface area contributed by atoms with Crippen LogP contribution in [0.1, 0.15) is 30.4 Å². The topological polar surface area (TPSA) is 66.8 Å². The highest BCUT2D eigenvalue weighted by molar-refractivity contribution is 5.78. The number of carboxylic acids is 1. The molecule has 0 spiro atoms. The van der Waals surface area contributed by atoms with Crippen molar-refractivity contribution in [1.82, 2.24) is 4.90 Å². The first-order valence-electron chi connectivity index (χ1n) is 7.65. The normalized spacial score (nSPS) is 15.6. The number of carboxylic acid groups (broad SMARTS) is 1. The Labute approximate surface area is 130 Å². The summed E-state index contributed by atoms with van der Waals surface area (Å²) in [5.41, 5.74) is 2.18. The lowest BCUT2D eigenvalue weighted by molar-refractivity contribution is -0.139. The van der Waals surface area contributed by atoms with E-state index in [0.29, 0.717) is 13.1 Å². The van der Waals surface area contributed by atoms with Crippen LogP contribution >= 0.6 is 0 Å². The van der Waals surface area contributed by atoms with Crippen molar-refractivity contribution in [1.29, 1.82) is 0 Å². The van der Waals surface area contributed by atoms with Gasteiger partial charge in [0.15, 0.2) is 6.61 Å². The molecule has 5 heteroatoms. The van der Waals surface area contributed by atoms with E-state index >= 15 is 0 Å². The Balaban J connectivity index is 1.80. The summed E-state index contributed by atoms with van der Waals surface area (Å²) >= 11 is 0. The van der Waals surface area contributed by atoms with Gasteiger partial charge in [-0.3, -0.25) is 9.59 Å². The van der Waals surface area contributed by atoms with E-state index in [1.807, 2.05) is 32.0 Å². The number of hydrogen-bond donors (Lipinski definition) is 1. The van der Waals surface area contributed by atoms with Crippen LogP contribution in [0.4, 0.5) is 0 Å². The quantitative estimate of drug-likeness (QED) is 0.907. The summed E-state index contributed by atoms with van der Waals surface area (Å²) in [5, 5.41) is 8.80. The van der Waals surface area contributed by atoms with E-state index in [4.69, 9.17) is 9.84 Å². The van der Waals surface area contributed by atoms with Gasteiger partial charge in [0.25, 0.3) is 5.91 Å². The number of benzene rings is 1. The molecule has 22 heavy (non-hydrogen) atoms. The van der Waals surface area contributed by atoms with Crippen LogP contribution in [0.25, 0.3) is 0 Å². The van der Waals surface area contributed by atoms with Crippen LogP contribution in [0.15, 0.2) is 18.2 Å². The fourth-order valence-corrected chi connectivity index (χ4v) is 2.83. The Bertz CT molecular complexity index is 548. The number of likely N-dealkylation sites (tertiary alicyclic amines) is 1. The molecule has 0 atom stereocenters. The average molecular weight is 305 g/mol. The minimum atomic E-state index is -0.761. The zero-order valence-electron chi connectivity index (χ0n) is 13.2. The molecule has 1 heterocycles. The molecule has 1 aromatic rings. The van der Waals surface area contributed by atoms with Gasteiger partial charge < -0.3 is 14.7 Å². The van der Waals surface area contributed by atoms with Crippen molar-refractivity contribution < 1.29 is 19.4 Å². The Kier molecular flexibility index (Phi) is 5.41. The molecular weight excluding hydrogens is 282 g/mol. The number of ether oxygens (including phenoxy) is 1. The van der Waals surface area contributed by atoms with Gasteiger partial charge >= 0.3 is 5.97 Å². The van der Waals surface area contributed by atoms with Crippen LogP contribution in [-0.2, 0) is 9.59 Å². The van der Waals surface area contributed by atoms with Crippen LogP contribution in [0.2, 0.25) is 0 Å². The van der Waals surface area contributed by atoms with Crippen molar-refractivity contribution in [2.75, 3.05) is 19.7 Å². The maximum Gasteiger partial charge on any atom is 0.303 e. The summed E-state index contributed by atoms with van der Waals surface area (Å²) in [6.07, 6.45) is 1.70. The first kappa shape index (κ1) is 16.3. The van der Waals surface area contributed by atoms with Gasteiger partial charge in [0, 0.05) is 19.5 Å². The van der Waals surface area contributed by atoms with Gasteiger partial charge in [-0.15, -0.1) is 0 Å². The largest absolute Gasteiger partial charge is 0.484 e. The molecule has 1 aromatic carbocycles. The number of nitrogens with zero attached hydrogens (tertiary/aromatic N) is 1. The van der Waals surface area contributed by atoms with Crippen molar-refractivity contribution in [3.05, 3.63) is 29.3 Å². The van der Waals surface area contributed by atoms with E-state index in [2.05, 4.69) is 0 Å². The van der Waals surface area contributed by atoms with Gasteiger partial charge in [-0.2, -0.15) is 0 Å². The van der Waals surface area contributed by atoms with Gasteiger partial charge in [-0.05, 0) is 44.2 Å². The van der Waals surface area contributed by atoms with Crippen molar-refractivity contribution >= 4 is 11.9 Å². The van der Waals surface area contributed by atoms with Gasteiger partial charge in [0.1, 0.15) is 5.75 Å². The molecule has 5 nitrogen and oxygen atoms in total. The van der Waals surface area contributed by atoms with Gasteiger partial charge in [0.05, 0.1) is 0 Å². The zero-order valence-corrected chi connectivity index (χ0v) is 13.2. The molecular formula is C17H23NO4. The van der Waals surface area contributed by atoms with Crippen LogP contribution in [0, 0.1) is 19.8 Å². The number of carbonyl (C=O) groups is 2. The Morgan fingerprint density at radius 3 is 2.55 bits per heavy atom. The molecule has 1 aliphatic rings. The third-order valence-electron chi connectivity index (χ3n) is 4.11. The molecule has 0 saturated carbocycles. The maximum atomic E-state index is 12.2.